The number of hydrogen-bond donors (Lipinski definition) is 1. The molecular weight excluding hydrogens is 326 g/mol. The molecule has 1 atom stereocenters. The standard InChI is InChI=1S/C17H13N3O5/c1-11(16(21)19-14-4-2-3-12(9-14)10-18)25-17(22)13-5-7-15(8-6-13)20(23)24/h2-9,11H,1H3,(H,19,21)/t11-/m0/s1. The molecule has 0 aliphatic carbocycles. The third-order valence-corrected chi connectivity index (χ3v) is 3.23. The largest absolute Gasteiger partial charge is 0.449 e. The predicted molar refractivity (Wildman–Crippen MR) is 87.8 cm³/mol. The van der Waals surface area contributed by atoms with Crippen LogP contribution < -0.4 is 5.32 Å². The smallest absolute Gasteiger partial charge is 0.338 e. The lowest BCUT2D eigenvalue weighted by molar-refractivity contribution is -0.384. The molecular formula is C17H13N3O5. The van der Waals surface area contributed by atoms with E-state index in [0.717, 1.165) is 0 Å². The number of esters is 1. The highest BCUT2D eigenvalue weighted by Crippen LogP contribution is 2.14. The van der Waals surface area contributed by atoms with Crippen LogP contribution in [0.1, 0.15) is 22.8 Å². The van der Waals surface area contributed by atoms with Crippen LogP contribution in [0, 0.1) is 21.4 Å². The Labute approximate surface area is 142 Å². The minimum atomic E-state index is -1.09. The lowest BCUT2D eigenvalue weighted by Crippen LogP contribution is -2.30. The number of carbonyl (C=O) groups excluding carboxylic acids is 2. The Morgan fingerprint density at radius 2 is 1.92 bits per heavy atom. The van der Waals surface area contributed by atoms with Crippen molar-refractivity contribution < 1.29 is 19.2 Å². The van der Waals surface area contributed by atoms with Crippen molar-refractivity contribution in [3.8, 4) is 6.07 Å². The normalized spacial score (nSPS) is 11.0. The topological polar surface area (TPSA) is 122 Å². The number of carbonyl (C=O) groups is 2. The number of hydrogen-bond acceptors (Lipinski definition) is 6. The van der Waals surface area contributed by atoms with E-state index < -0.39 is 22.9 Å². The van der Waals surface area contributed by atoms with E-state index in [4.69, 9.17) is 10.00 Å². The molecule has 8 nitrogen and oxygen atoms in total. The minimum absolute atomic E-state index is 0.0942. The van der Waals surface area contributed by atoms with E-state index in [9.17, 15) is 19.7 Å². The van der Waals surface area contributed by atoms with Crippen LogP contribution in [0.15, 0.2) is 48.5 Å². The molecule has 2 aromatic carbocycles. The van der Waals surface area contributed by atoms with Gasteiger partial charge in [0.05, 0.1) is 22.1 Å². The van der Waals surface area contributed by atoms with Crippen LogP contribution in [0.3, 0.4) is 0 Å². The lowest BCUT2D eigenvalue weighted by atomic mass is 10.2. The highest BCUT2D eigenvalue weighted by atomic mass is 16.6. The zero-order valence-electron chi connectivity index (χ0n) is 13.1. The van der Waals surface area contributed by atoms with Gasteiger partial charge in [0.1, 0.15) is 0 Å². The number of nitro benzene ring substituents is 1. The molecule has 2 aromatic rings. The maximum Gasteiger partial charge on any atom is 0.338 e. The van der Waals surface area contributed by atoms with E-state index in [1.165, 1.54) is 37.3 Å². The van der Waals surface area contributed by atoms with Crippen LogP contribution in [-0.2, 0) is 9.53 Å². The van der Waals surface area contributed by atoms with Crippen molar-refractivity contribution in [3.05, 3.63) is 69.8 Å². The molecule has 0 spiro atoms. The first-order valence-electron chi connectivity index (χ1n) is 7.17. The van der Waals surface area contributed by atoms with Crippen LogP contribution in [-0.4, -0.2) is 22.9 Å². The molecule has 0 aliphatic heterocycles. The third kappa shape index (κ3) is 4.62. The number of nitrogens with zero attached hydrogens (tertiary/aromatic N) is 2. The quantitative estimate of drug-likeness (QED) is 0.507. The van der Waals surface area contributed by atoms with E-state index in [1.807, 2.05) is 6.07 Å². The maximum atomic E-state index is 12.1. The second-order valence-electron chi connectivity index (χ2n) is 5.03. The lowest BCUT2D eigenvalue weighted by Gasteiger charge is -2.13. The number of non-ortho nitro benzene ring substituents is 1. The fraction of sp³-hybridized carbons (Fsp3) is 0.118. The fourth-order valence-corrected chi connectivity index (χ4v) is 1.91. The Balaban J connectivity index is 1.99. The molecule has 0 saturated heterocycles. The molecule has 2 rings (SSSR count). The summed E-state index contributed by atoms with van der Waals surface area (Å²) in [7, 11) is 0. The van der Waals surface area contributed by atoms with Crippen LogP contribution in [0.2, 0.25) is 0 Å². The molecule has 0 bridgehead atoms. The van der Waals surface area contributed by atoms with E-state index >= 15 is 0 Å². The summed E-state index contributed by atoms with van der Waals surface area (Å²) in [5, 5.41) is 22.0. The fourth-order valence-electron chi connectivity index (χ4n) is 1.91. The SMILES string of the molecule is C[C@H](OC(=O)c1ccc([N+](=O)[O-])cc1)C(=O)Nc1cccc(C#N)c1. The molecule has 0 saturated carbocycles. The van der Waals surface area contributed by atoms with Gasteiger partial charge in [-0.1, -0.05) is 6.07 Å². The van der Waals surface area contributed by atoms with Crippen molar-refractivity contribution in [1.29, 1.82) is 5.26 Å². The van der Waals surface area contributed by atoms with Crippen molar-refractivity contribution >= 4 is 23.3 Å². The van der Waals surface area contributed by atoms with Gasteiger partial charge < -0.3 is 10.1 Å². The molecule has 0 aliphatic rings. The Hall–Kier alpha value is -3.73. The van der Waals surface area contributed by atoms with Gasteiger partial charge in [-0.05, 0) is 37.3 Å². The molecule has 0 radical (unpaired) electrons. The highest BCUT2D eigenvalue weighted by molar-refractivity contribution is 5.97. The summed E-state index contributed by atoms with van der Waals surface area (Å²) in [6.07, 6.45) is -1.09. The van der Waals surface area contributed by atoms with Gasteiger partial charge in [-0.3, -0.25) is 14.9 Å². The van der Waals surface area contributed by atoms with Gasteiger partial charge in [-0.2, -0.15) is 5.26 Å². The average molecular weight is 339 g/mol. The first kappa shape index (κ1) is 17.6. The number of nitro groups is 1. The third-order valence-electron chi connectivity index (χ3n) is 3.23. The van der Waals surface area contributed by atoms with Crippen molar-refractivity contribution in [1.82, 2.24) is 0 Å². The molecule has 1 N–H and O–H groups in total. The zero-order chi connectivity index (χ0) is 18.4. The Bertz CT molecular complexity index is 855. The summed E-state index contributed by atoms with van der Waals surface area (Å²) >= 11 is 0. The van der Waals surface area contributed by atoms with Gasteiger partial charge in [-0.15, -0.1) is 0 Å². The van der Waals surface area contributed by atoms with Crippen LogP contribution in [0.4, 0.5) is 11.4 Å². The van der Waals surface area contributed by atoms with Crippen LogP contribution >= 0.6 is 0 Å². The minimum Gasteiger partial charge on any atom is -0.449 e. The summed E-state index contributed by atoms with van der Waals surface area (Å²) in [4.78, 5) is 34.0. The summed E-state index contributed by atoms with van der Waals surface area (Å²) < 4.78 is 5.04. The van der Waals surface area contributed by atoms with E-state index in [0.29, 0.717) is 11.3 Å². The summed E-state index contributed by atoms with van der Waals surface area (Å²) in [5.74, 6) is -1.34. The second kappa shape index (κ2) is 7.70. The first-order valence-corrected chi connectivity index (χ1v) is 7.17. The van der Waals surface area contributed by atoms with Crippen molar-refractivity contribution in [2.75, 3.05) is 5.32 Å². The van der Waals surface area contributed by atoms with Gasteiger partial charge in [0.25, 0.3) is 11.6 Å². The number of rotatable bonds is 5. The Morgan fingerprint density at radius 1 is 1.24 bits per heavy atom. The number of amides is 1. The average Bonchev–Trinajstić information content (AvgIpc) is 2.61. The molecule has 0 aromatic heterocycles. The number of nitrogens with one attached hydrogen (secondary N) is 1. The zero-order valence-corrected chi connectivity index (χ0v) is 13.1. The number of nitriles is 1. The van der Waals surface area contributed by atoms with E-state index in [-0.39, 0.29) is 11.3 Å². The molecule has 0 fully saturated rings. The molecule has 0 heterocycles. The summed E-state index contributed by atoms with van der Waals surface area (Å²) in [6, 6.07) is 13.1. The molecule has 8 heteroatoms. The summed E-state index contributed by atoms with van der Waals surface area (Å²) in [5.41, 5.74) is 0.729. The molecule has 126 valence electrons. The molecule has 1 amide bonds. The number of benzene rings is 2. The van der Waals surface area contributed by atoms with Crippen molar-refractivity contribution in [2.45, 2.75) is 13.0 Å². The van der Waals surface area contributed by atoms with Gasteiger partial charge in [0.15, 0.2) is 6.10 Å². The van der Waals surface area contributed by atoms with Gasteiger partial charge in [0.2, 0.25) is 0 Å². The first-order chi connectivity index (χ1) is 11.9. The van der Waals surface area contributed by atoms with Gasteiger partial charge >= 0.3 is 5.97 Å². The van der Waals surface area contributed by atoms with Gasteiger partial charge in [-0.25, -0.2) is 4.79 Å². The predicted octanol–water partition coefficient (Wildman–Crippen LogP) is 2.65. The van der Waals surface area contributed by atoms with E-state index in [1.54, 1.807) is 18.2 Å². The van der Waals surface area contributed by atoms with Crippen molar-refractivity contribution in [2.24, 2.45) is 0 Å². The number of ether oxygens (including phenoxy) is 1. The highest BCUT2D eigenvalue weighted by Gasteiger charge is 2.19. The summed E-state index contributed by atoms with van der Waals surface area (Å²) in [6.45, 7) is 1.40. The molecule has 25 heavy (non-hydrogen) atoms. The van der Waals surface area contributed by atoms with Crippen LogP contribution in [0.5, 0.6) is 0 Å². The molecule has 0 unspecified atom stereocenters. The monoisotopic (exact) mass is 339 g/mol. The second-order valence-corrected chi connectivity index (χ2v) is 5.03. The Kier molecular flexibility index (Phi) is 5.43. The number of anilines is 1. The maximum absolute atomic E-state index is 12.1. The Morgan fingerprint density at radius 3 is 2.52 bits per heavy atom. The van der Waals surface area contributed by atoms with E-state index in [2.05, 4.69) is 5.32 Å². The van der Waals surface area contributed by atoms with Gasteiger partial charge in [0, 0.05) is 17.8 Å². The van der Waals surface area contributed by atoms with Crippen LogP contribution in [0.25, 0.3) is 0 Å². The van der Waals surface area contributed by atoms with Crippen molar-refractivity contribution in [3.63, 3.8) is 0 Å².